The molecule has 2 fully saturated rings. The van der Waals surface area contributed by atoms with Gasteiger partial charge in [-0.2, -0.15) is 0 Å². The monoisotopic (exact) mass is 340 g/mol. The Kier molecular flexibility index (Phi) is 4.42. The van der Waals surface area contributed by atoms with Crippen molar-refractivity contribution in [3.05, 3.63) is 35.6 Å². The Bertz CT molecular complexity index is 707. The second kappa shape index (κ2) is 6.20. The minimum absolute atomic E-state index is 0.00105. The first kappa shape index (κ1) is 16.4. The van der Waals surface area contributed by atoms with E-state index in [1.54, 1.807) is 11.0 Å². The first-order chi connectivity index (χ1) is 10.9. The van der Waals surface area contributed by atoms with Crippen LogP contribution < -0.4 is 0 Å². The Balaban J connectivity index is 1.87. The van der Waals surface area contributed by atoms with Crippen molar-refractivity contribution < 1.29 is 17.6 Å². The van der Waals surface area contributed by atoms with E-state index >= 15 is 0 Å². The number of hydrogen-bond acceptors (Lipinski definition) is 4. The fraction of sp³-hybridized carbons (Fsp3) is 0.562. The van der Waals surface area contributed by atoms with Crippen molar-refractivity contribution in [3.63, 3.8) is 0 Å². The van der Waals surface area contributed by atoms with E-state index < -0.39 is 15.7 Å². The molecule has 0 spiro atoms. The average molecular weight is 340 g/mol. The third-order valence-corrected chi connectivity index (χ3v) is 6.33. The highest BCUT2D eigenvalue weighted by atomic mass is 32.2. The summed E-state index contributed by atoms with van der Waals surface area (Å²) in [5, 5.41) is 0. The van der Waals surface area contributed by atoms with Gasteiger partial charge in [-0.15, -0.1) is 0 Å². The van der Waals surface area contributed by atoms with Crippen LogP contribution in [0.25, 0.3) is 0 Å². The maximum atomic E-state index is 13.4. The maximum Gasteiger partial charge on any atom is 0.254 e. The summed E-state index contributed by atoms with van der Waals surface area (Å²) in [7, 11) is -3.15. The smallest absolute Gasteiger partial charge is 0.254 e. The molecule has 2 heterocycles. The van der Waals surface area contributed by atoms with E-state index in [0.717, 1.165) is 13.0 Å². The van der Waals surface area contributed by atoms with Crippen molar-refractivity contribution in [2.75, 3.05) is 31.1 Å². The van der Waals surface area contributed by atoms with Gasteiger partial charge in [-0.1, -0.05) is 13.0 Å². The highest BCUT2D eigenvalue weighted by molar-refractivity contribution is 7.91. The van der Waals surface area contributed by atoms with Crippen molar-refractivity contribution in [1.29, 1.82) is 0 Å². The van der Waals surface area contributed by atoms with Crippen LogP contribution in [0.15, 0.2) is 24.3 Å². The third-order valence-electron chi connectivity index (χ3n) is 4.63. The number of carbonyl (C=O) groups excluding carboxylic acids is 1. The molecule has 126 valence electrons. The zero-order chi connectivity index (χ0) is 16.6. The Morgan fingerprint density at radius 3 is 2.70 bits per heavy atom. The summed E-state index contributed by atoms with van der Waals surface area (Å²) in [5.74, 6) is -0.646. The number of benzene rings is 1. The molecule has 7 heteroatoms. The molecule has 2 unspecified atom stereocenters. The SMILES string of the molecule is CCCN1CCN(C(=O)c2cccc(F)c2)C2CS(=O)(=O)CC21. The Hall–Kier alpha value is -1.47. The summed E-state index contributed by atoms with van der Waals surface area (Å²) in [4.78, 5) is 16.5. The van der Waals surface area contributed by atoms with E-state index in [9.17, 15) is 17.6 Å². The molecule has 3 rings (SSSR count). The van der Waals surface area contributed by atoms with E-state index in [1.807, 2.05) is 0 Å². The lowest BCUT2D eigenvalue weighted by atomic mass is 10.0. The second-order valence-corrected chi connectivity index (χ2v) is 8.41. The molecule has 0 bridgehead atoms. The van der Waals surface area contributed by atoms with Gasteiger partial charge in [-0.05, 0) is 31.2 Å². The van der Waals surface area contributed by atoms with Gasteiger partial charge in [0.1, 0.15) is 5.82 Å². The number of rotatable bonds is 3. The number of nitrogens with zero attached hydrogens (tertiary/aromatic N) is 2. The summed E-state index contributed by atoms with van der Waals surface area (Å²) in [5.41, 5.74) is 0.275. The lowest BCUT2D eigenvalue weighted by Crippen LogP contribution is -2.60. The van der Waals surface area contributed by atoms with Crippen LogP contribution in [-0.4, -0.2) is 67.3 Å². The van der Waals surface area contributed by atoms with E-state index in [0.29, 0.717) is 13.1 Å². The first-order valence-electron chi connectivity index (χ1n) is 7.92. The second-order valence-electron chi connectivity index (χ2n) is 6.26. The van der Waals surface area contributed by atoms with Gasteiger partial charge in [0.2, 0.25) is 0 Å². The normalized spacial score (nSPS) is 27.0. The lowest BCUT2D eigenvalue weighted by Gasteiger charge is -2.43. The number of hydrogen-bond donors (Lipinski definition) is 0. The van der Waals surface area contributed by atoms with Crippen LogP contribution >= 0.6 is 0 Å². The molecular weight excluding hydrogens is 319 g/mol. The number of sulfone groups is 1. The van der Waals surface area contributed by atoms with E-state index in [1.165, 1.54) is 18.2 Å². The minimum atomic E-state index is -3.15. The number of carbonyl (C=O) groups is 1. The molecule has 0 aliphatic carbocycles. The van der Waals surface area contributed by atoms with E-state index in [2.05, 4.69) is 11.8 Å². The van der Waals surface area contributed by atoms with Crippen molar-refractivity contribution in [2.45, 2.75) is 25.4 Å². The average Bonchev–Trinajstić information content (AvgIpc) is 2.82. The minimum Gasteiger partial charge on any atom is -0.332 e. The van der Waals surface area contributed by atoms with Crippen LogP contribution in [-0.2, 0) is 9.84 Å². The van der Waals surface area contributed by atoms with Crippen LogP contribution in [0.3, 0.4) is 0 Å². The molecule has 0 radical (unpaired) electrons. The molecule has 0 aromatic heterocycles. The fourth-order valence-corrected chi connectivity index (χ4v) is 5.64. The lowest BCUT2D eigenvalue weighted by molar-refractivity contribution is 0.0333. The van der Waals surface area contributed by atoms with Gasteiger partial charge in [-0.3, -0.25) is 9.69 Å². The Morgan fingerprint density at radius 2 is 2.00 bits per heavy atom. The zero-order valence-corrected chi connectivity index (χ0v) is 13.9. The maximum absolute atomic E-state index is 13.4. The highest BCUT2D eigenvalue weighted by Crippen LogP contribution is 2.28. The van der Waals surface area contributed by atoms with Crippen LogP contribution in [0, 0.1) is 5.82 Å². The van der Waals surface area contributed by atoms with Crippen molar-refractivity contribution in [3.8, 4) is 0 Å². The molecule has 1 aromatic rings. The molecule has 2 atom stereocenters. The number of halogens is 1. The summed E-state index contributed by atoms with van der Waals surface area (Å²) in [6.45, 7) is 4.03. The zero-order valence-electron chi connectivity index (χ0n) is 13.1. The molecule has 1 amide bonds. The number of fused-ring (bicyclic) bond motifs is 1. The molecule has 23 heavy (non-hydrogen) atoms. The summed E-state index contributed by atoms with van der Waals surface area (Å²) >= 11 is 0. The largest absolute Gasteiger partial charge is 0.332 e. The molecule has 2 aliphatic rings. The van der Waals surface area contributed by atoms with Gasteiger partial charge in [0.05, 0.1) is 17.5 Å². The fourth-order valence-electron chi connectivity index (χ4n) is 3.63. The van der Waals surface area contributed by atoms with Gasteiger partial charge < -0.3 is 4.90 Å². The van der Waals surface area contributed by atoms with Gasteiger partial charge in [-0.25, -0.2) is 12.8 Å². The van der Waals surface area contributed by atoms with Gasteiger partial charge in [0, 0.05) is 24.7 Å². The molecule has 0 saturated carbocycles. The van der Waals surface area contributed by atoms with E-state index in [-0.39, 0.29) is 35.1 Å². The molecular formula is C16H21FN2O3S. The summed E-state index contributed by atoms with van der Waals surface area (Å²) < 4.78 is 37.5. The van der Waals surface area contributed by atoms with Crippen LogP contribution in [0.4, 0.5) is 4.39 Å². The first-order valence-corrected chi connectivity index (χ1v) is 9.74. The van der Waals surface area contributed by atoms with E-state index in [4.69, 9.17) is 0 Å². The Labute approximate surface area is 136 Å². The van der Waals surface area contributed by atoms with Crippen molar-refractivity contribution in [2.24, 2.45) is 0 Å². The number of amides is 1. The molecule has 2 saturated heterocycles. The van der Waals surface area contributed by atoms with Crippen LogP contribution in [0.5, 0.6) is 0 Å². The number of piperazine rings is 1. The predicted octanol–water partition coefficient (Wildman–Crippen LogP) is 1.16. The van der Waals surface area contributed by atoms with Crippen molar-refractivity contribution in [1.82, 2.24) is 9.80 Å². The molecule has 1 aromatic carbocycles. The van der Waals surface area contributed by atoms with Crippen LogP contribution in [0.1, 0.15) is 23.7 Å². The topological polar surface area (TPSA) is 57.7 Å². The summed E-state index contributed by atoms with van der Waals surface area (Å²) in [6.07, 6.45) is 0.946. The van der Waals surface area contributed by atoms with Crippen LogP contribution in [0.2, 0.25) is 0 Å². The van der Waals surface area contributed by atoms with Gasteiger partial charge in [0.25, 0.3) is 5.91 Å². The molecule has 2 aliphatic heterocycles. The predicted molar refractivity (Wildman–Crippen MR) is 85.5 cm³/mol. The van der Waals surface area contributed by atoms with Gasteiger partial charge >= 0.3 is 0 Å². The standard InChI is InChI=1S/C16H21FN2O3S/c1-2-6-18-7-8-19(15-11-23(21,22)10-14(15)18)16(20)12-4-3-5-13(17)9-12/h3-5,9,14-15H,2,6-8,10-11H2,1H3. The third kappa shape index (κ3) is 3.26. The van der Waals surface area contributed by atoms with Crippen molar-refractivity contribution >= 4 is 15.7 Å². The summed E-state index contributed by atoms with van der Waals surface area (Å²) in [6, 6.07) is 5.08. The quantitative estimate of drug-likeness (QED) is 0.829. The van der Waals surface area contributed by atoms with Gasteiger partial charge in [0.15, 0.2) is 9.84 Å². The molecule has 0 N–H and O–H groups in total. The highest BCUT2D eigenvalue weighted by Gasteiger charge is 2.47. The Morgan fingerprint density at radius 1 is 1.26 bits per heavy atom. The molecule has 5 nitrogen and oxygen atoms in total.